The van der Waals surface area contributed by atoms with Crippen molar-refractivity contribution in [1.29, 1.82) is 0 Å². The highest BCUT2D eigenvalue weighted by molar-refractivity contribution is 5.90. The Kier molecular flexibility index (Phi) is 4.99. The first kappa shape index (κ1) is 14.7. The number of carbonyl (C=O) groups is 1. The summed E-state index contributed by atoms with van der Waals surface area (Å²) in [6.07, 6.45) is 1.24. The second-order valence-corrected chi connectivity index (χ2v) is 4.49. The fourth-order valence-corrected chi connectivity index (χ4v) is 1.55. The lowest BCUT2D eigenvalue weighted by Crippen LogP contribution is -2.07. The van der Waals surface area contributed by atoms with Crippen LogP contribution in [0.15, 0.2) is 71.4 Å². The molecule has 2 aromatic carbocycles. The van der Waals surface area contributed by atoms with Crippen molar-refractivity contribution in [2.45, 2.75) is 6.92 Å². The monoisotopic (exact) mass is 280 g/mol. The van der Waals surface area contributed by atoms with Gasteiger partial charge in [0.25, 0.3) is 0 Å². The first-order valence-corrected chi connectivity index (χ1v) is 6.54. The van der Waals surface area contributed by atoms with Gasteiger partial charge in [-0.05, 0) is 49.4 Å². The van der Waals surface area contributed by atoms with Crippen molar-refractivity contribution in [3.8, 4) is 5.75 Å². The molecular weight excluding hydrogens is 264 g/mol. The van der Waals surface area contributed by atoms with E-state index in [1.807, 2.05) is 31.2 Å². The van der Waals surface area contributed by atoms with E-state index in [4.69, 9.17) is 4.74 Å². The van der Waals surface area contributed by atoms with E-state index in [0.717, 1.165) is 11.4 Å². The van der Waals surface area contributed by atoms with Gasteiger partial charge in [-0.1, -0.05) is 24.3 Å². The summed E-state index contributed by atoms with van der Waals surface area (Å²) in [5.41, 5.74) is 2.71. The molecule has 0 fully saturated rings. The van der Waals surface area contributed by atoms with Crippen LogP contribution >= 0.6 is 0 Å². The lowest BCUT2D eigenvalue weighted by molar-refractivity contribution is -0.116. The highest BCUT2D eigenvalue weighted by atomic mass is 16.5. The molecule has 0 aliphatic heterocycles. The van der Waals surface area contributed by atoms with Gasteiger partial charge in [-0.2, -0.15) is 10.2 Å². The lowest BCUT2D eigenvalue weighted by Gasteiger charge is -2.03. The Morgan fingerprint density at radius 2 is 1.57 bits per heavy atom. The van der Waals surface area contributed by atoms with Crippen molar-refractivity contribution in [3.63, 3.8) is 0 Å². The van der Waals surface area contributed by atoms with Crippen molar-refractivity contribution in [1.82, 2.24) is 0 Å². The summed E-state index contributed by atoms with van der Waals surface area (Å²) in [6, 6.07) is 14.9. The number of carbonyl (C=O) groups excluding carboxylic acids is 1. The zero-order valence-corrected chi connectivity index (χ0v) is 11.8. The highest BCUT2D eigenvalue weighted by Crippen LogP contribution is 2.21. The van der Waals surface area contributed by atoms with E-state index in [-0.39, 0.29) is 12.4 Å². The van der Waals surface area contributed by atoms with E-state index in [9.17, 15) is 4.79 Å². The Morgan fingerprint density at radius 3 is 2.10 bits per heavy atom. The van der Waals surface area contributed by atoms with Crippen LogP contribution in [0.25, 0.3) is 0 Å². The van der Waals surface area contributed by atoms with Crippen LogP contribution in [0.1, 0.15) is 5.56 Å². The third kappa shape index (κ3) is 4.69. The second-order valence-electron chi connectivity index (χ2n) is 4.49. The van der Waals surface area contributed by atoms with Crippen molar-refractivity contribution in [2.75, 3.05) is 6.61 Å². The molecule has 21 heavy (non-hydrogen) atoms. The third-order valence-corrected chi connectivity index (χ3v) is 2.76. The van der Waals surface area contributed by atoms with Gasteiger partial charge in [-0.25, -0.2) is 0 Å². The Labute approximate surface area is 123 Å². The number of ketones is 1. The lowest BCUT2D eigenvalue weighted by atomic mass is 10.2. The zero-order chi connectivity index (χ0) is 15.1. The molecule has 0 aliphatic rings. The van der Waals surface area contributed by atoms with Crippen LogP contribution in [0.3, 0.4) is 0 Å². The van der Waals surface area contributed by atoms with Gasteiger partial charge in [0.05, 0.1) is 11.4 Å². The Hall–Kier alpha value is -2.75. The average molecular weight is 280 g/mol. The SMILES string of the molecule is C=CC(=O)COc1ccc(/N=N/c2ccc(C)cc2)cc1. The minimum Gasteiger partial charge on any atom is -0.485 e. The Balaban J connectivity index is 1.97. The molecule has 0 N–H and O–H groups in total. The molecule has 0 aromatic heterocycles. The maximum Gasteiger partial charge on any atom is 0.192 e. The smallest absolute Gasteiger partial charge is 0.192 e. The van der Waals surface area contributed by atoms with E-state index in [2.05, 4.69) is 16.8 Å². The summed E-state index contributed by atoms with van der Waals surface area (Å²) < 4.78 is 5.30. The zero-order valence-electron chi connectivity index (χ0n) is 11.8. The molecule has 2 aromatic rings. The van der Waals surface area contributed by atoms with Crippen molar-refractivity contribution < 1.29 is 9.53 Å². The van der Waals surface area contributed by atoms with Crippen molar-refractivity contribution in [3.05, 3.63) is 66.7 Å². The number of rotatable bonds is 6. The summed E-state index contributed by atoms with van der Waals surface area (Å²) >= 11 is 0. The normalized spacial score (nSPS) is 10.5. The van der Waals surface area contributed by atoms with Crippen LogP contribution in [0, 0.1) is 6.92 Å². The molecule has 0 amide bonds. The van der Waals surface area contributed by atoms with Crippen molar-refractivity contribution in [2.24, 2.45) is 10.2 Å². The van der Waals surface area contributed by atoms with E-state index in [1.165, 1.54) is 11.6 Å². The molecule has 0 aliphatic carbocycles. The number of benzene rings is 2. The van der Waals surface area contributed by atoms with Crippen LogP contribution in [-0.4, -0.2) is 12.4 Å². The molecule has 0 saturated heterocycles. The van der Waals surface area contributed by atoms with Crippen LogP contribution in [0.2, 0.25) is 0 Å². The van der Waals surface area contributed by atoms with Crippen LogP contribution in [0.5, 0.6) is 5.75 Å². The molecule has 0 unspecified atom stereocenters. The largest absolute Gasteiger partial charge is 0.485 e. The van der Waals surface area contributed by atoms with Gasteiger partial charge >= 0.3 is 0 Å². The molecule has 0 radical (unpaired) electrons. The molecule has 0 atom stereocenters. The molecule has 106 valence electrons. The molecule has 4 heteroatoms. The summed E-state index contributed by atoms with van der Waals surface area (Å²) in [5, 5.41) is 8.30. The number of aryl methyl sites for hydroxylation is 1. The fourth-order valence-electron chi connectivity index (χ4n) is 1.55. The number of ether oxygens (including phenoxy) is 1. The average Bonchev–Trinajstić information content (AvgIpc) is 2.53. The highest BCUT2D eigenvalue weighted by Gasteiger charge is 1.98. The van der Waals surface area contributed by atoms with E-state index in [1.54, 1.807) is 24.3 Å². The van der Waals surface area contributed by atoms with E-state index >= 15 is 0 Å². The minimum absolute atomic E-state index is 0.00622. The summed E-state index contributed by atoms with van der Waals surface area (Å²) in [4.78, 5) is 11.1. The van der Waals surface area contributed by atoms with Gasteiger partial charge in [0.1, 0.15) is 5.75 Å². The number of nitrogens with zero attached hydrogens (tertiary/aromatic N) is 2. The van der Waals surface area contributed by atoms with Crippen molar-refractivity contribution >= 4 is 17.2 Å². The maximum atomic E-state index is 11.1. The minimum atomic E-state index is -0.155. The third-order valence-electron chi connectivity index (χ3n) is 2.76. The summed E-state index contributed by atoms with van der Waals surface area (Å²) in [5.74, 6) is 0.456. The molecule has 4 nitrogen and oxygen atoms in total. The topological polar surface area (TPSA) is 51.0 Å². The summed E-state index contributed by atoms with van der Waals surface area (Å²) in [7, 11) is 0. The maximum absolute atomic E-state index is 11.1. The number of hydrogen-bond donors (Lipinski definition) is 0. The predicted octanol–water partition coefficient (Wildman–Crippen LogP) is 4.54. The van der Waals surface area contributed by atoms with Gasteiger partial charge in [0, 0.05) is 0 Å². The molecule has 0 spiro atoms. The molecule has 2 rings (SSSR count). The fraction of sp³-hybridized carbons (Fsp3) is 0.118. The first-order valence-electron chi connectivity index (χ1n) is 6.54. The van der Waals surface area contributed by atoms with Gasteiger partial charge in [-0.3, -0.25) is 4.79 Å². The molecule has 0 saturated carbocycles. The standard InChI is InChI=1S/C17H16N2O2/c1-3-16(20)12-21-17-10-8-15(9-11-17)19-18-14-6-4-13(2)5-7-14/h3-11H,1,12H2,2H3/b19-18+. The quantitative estimate of drug-likeness (QED) is 0.576. The van der Waals surface area contributed by atoms with Crippen LogP contribution in [-0.2, 0) is 4.79 Å². The summed E-state index contributed by atoms with van der Waals surface area (Å²) in [6.45, 7) is 5.41. The first-order chi connectivity index (χ1) is 10.2. The van der Waals surface area contributed by atoms with E-state index < -0.39 is 0 Å². The second kappa shape index (κ2) is 7.14. The van der Waals surface area contributed by atoms with Gasteiger partial charge in [0.2, 0.25) is 0 Å². The Morgan fingerprint density at radius 1 is 1.05 bits per heavy atom. The van der Waals surface area contributed by atoms with E-state index in [0.29, 0.717) is 5.75 Å². The van der Waals surface area contributed by atoms with Gasteiger partial charge < -0.3 is 4.74 Å². The van der Waals surface area contributed by atoms with Crippen LogP contribution < -0.4 is 4.74 Å². The molecular formula is C17H16N2O2. The number of hydrogen-bond acceptors (Lipinski definition) is 4. The number of azo groups is 1. The van der Waals surface area contributed by atoms with Gasteiger partial charge in [0.15, 0.2) is 12.4 Å². The van der Waals surface area contributed by atoms with Crippen LogP contribution in [0.4, 0.5) is 11.4 Å². The molecule has 0 bridgehead atoms. The molecule has 0 heterocycles. The van der Waals surface area contributed by atoms with Gasteiger partial charge in [-0.15, -0.1) is 0 Å². The predicted molar refractivity (Wildman–Crippen MR) is 82.5 cm³/mol. The Bertz CT molecular complexity index is 643.